The Morgan fingerprint density at radius 3 is 2.65 bits per heavy atom. The molecule has 1 amide bonds. The van der Waals surface area contributed by atoms with E-state index in [2.05, 4.69) is 5.32 Å². The highest BCUT2D eigenvalue weighted by atomic mass is 32.2. The Morgan fingerprint density at radius 1 is 1.35 bits per heavy atom. The predicted octanol–water partition coefficient (Wildman–Crippen LogP) is 2.29. The maximum absolute atomic E-state index is 12.9. The molecule has 1 aromatic heterocycles. The maximum Gasteiger partial charge on any atom is 0.270 e. The van der Waals surface area contributed by atoms with Gasteiger partial charge in [-0.05, 0) is 23.9 Å². The number of non-ortho nitro benzene ring substituents is 1. The van der Waals surface area contributed by atoms with E-state index in [1.54, 1.807) is 13.8 Å². The van der Waals surface area contributed by atoms with E-state index in [9.17, 15) is 23.3 Å². The fourth-order valence-electron chi connectivity index (χ4n) is 2.30. The number of sulfonamides is 1. The van der Waals surface area contributed by atoms with Crippen molar-refractivity contribution in [3.8, 4) is 0 Å². The number of nitro groups is 1. The first kappa shape index (κ1) is 20.0. The van der Waals surface area contributed by atoms with Crippen LogP contribution in [-0.2, 0) is 21.4 Å². The molecular weight excluding hydrogens is 378 g/mol. The number of carbonyl (C=O) groups excluding carboxylic acids is 1. The van der Waals surface area contributed by atoms with Gasteiger partial charge in [0.05, 0.1) is 22.9 Å². The van der Waals surface area contributed by atoms with Crippen LogP contribution in [-0.4, -0.2) is 36.6 Å². The Kier molecular flexibility index (Phi) is 6.46. The highest BCUT2D eigenvalue weighted by Gasteiger charge is 2.28. The van der Waals surface area contributed by atoms with Crippen LogP contribution < -0.4 is 5.32 Å². The molecule has 0 aliphatic heterocycles. The summed E-state index contributed by atoms with van der Waals surface area (Å²) in [7, 11) is -4.03. The quantitative estimate of drug-likeness (QED) is 0.543. The molecule has 1 aromatic carbocycles. The average molecular weight is 397 g/mol. The molecule has 0 aliphatic carbocycles. The summed E-state index contributed by atoms with van der Waals surface area (Å²) in [5.41, 5.74) is 0.0698. The molecule has 140 valence electrons. The Hall–Kier alpha value is -2.30. The van der Waals surface area contributed by atoms with Gasteiger partial charge in [-0.3, -0.25) is 14.9 Å². The van der Waals surface area contributed by atoms with Crippen molar-refractivity contribution < 1.29 is 18.1 Å². The fourth-order valence-corrected chi connectivity index (χ4v) is 4.60. The molecule has 2 aromatic rings. The molecule has 2 rings (SSSR count). The number of thiophene rings is 1. The Morgan fingerprint density at radius 2 is 2.08 bits per heavy atom. The third-order valence-electron chi connectivity index (χ3n) is 3.71. The molecule has 1 N–H and O–H groups in total. The monoisotopic (exact) mass is 397 g/mol. The van der Waals surface area contributed by atoms with Crippen LogP contribution in [0.4, 0.5) is 5.69 Å². The molecule has 26 heavy (non-hydrogen) atoms. The van der Waals surface area contributed by atoms with Crippen molar-refractivity contribution in [3.05, 3.63) is 56.3 Å². The van der Waals surface area contributed by atoms with Crippen LogP contribution >= 0.6 is 11.3 Å². The van der Waals surface area contributed by atoms with Gasteiger partial charge >= 0.3 is 0 Å². The highest BCUT2D eigenvalue weighted by molar-refractivity contribution is 7.89. The van der Waals surface area contributed by atoms with E-state index in [0.29, 0.717) is 12.1 Å². The second kappa shape index (κ2) is 8.39. The lowest BCUT2D eigenvalue weighted by molar-refractivity contribution is -0.385. The van der Waals surface area contributed by atoms with Gasteiger partial charge in [-0.15, -0.1) is 11.3 Å². The summed E-state index contributed by atoms with van der Waals surface area (Å²) in [5, 5.41) is 15.5. The molecule has 0 atom stereocenters. The molecule has 0 radical (unpaired) electrons. The van der Waals surface area contributed by atoms with Gasteiger partial charge in [0.25, 0.3) is 5.69 Å². The number of nitrogens with one attached hydrogen (secondary N) is 1. The number of aryl methyl sites for hydroxylation is 1. The zero-order valence-electron chi connectivity index (χ0n) is 14.3. The van der Waals surface area contributed by atoms with Crippen molar-refractivity contribution in [2.45, 2.75) is 25.3 Å². The van der Waals surface area contributed by atoms with Crippen LogP contribution in [0.3, 0.4) is 0 Å². The third kappa shape index (κ3) is 4.65. The second-order valence-electron chi connectivity index (χ2n) is 5.49. The molecule has 0 unspecified atom stereocenters. The van der Waals surface area contributed by atoms with E-state index in [0.717, 1.165) is 15.2 Å². The molecule has 0 spiro atoms. The number of carbonyl (C=O) groups is 1. The number of nitro benzene ring substituents is 1. The van der Waals surface area contributed by atoms with Gasteiger partial charge in [0.2, 0.25) is 15.9 Å². The van der Waals surface area contributed by atoms with Crippen molar-refractivity contribution in [3.63, 3.8) is 0 Å². The van der Waals surface area contributed by atoms with Gasteiger partial charge in [-0.25, -0.2) is 8.42 Å². The zero-order valence-corrected chi connectivity index (χ0v) is 16.0. The molecule has 0 saturated heterocycles. The first-order chi connectivity index (χ1) is 12.3. The molecule has 8 nitrogen and oxygen atoms in total. The molecule has 10 heteroatoms. The number of hydrogen-bond donors (Lipinski definition) is 1. The van der Waals surface area contributed by atoms with E-state index in [-0.39, 0.29) is 23.7 Å². The van der Waals surface area contributed by atoms with Crippen molar-refractivity contribution in [1.82, 2.24) is 9.62 Å². The van der Waals surface area contributed by atoms with Crippen molar-refractivity contribution in [2.24, 2.45) is 0 Å². The lowest BCUT2D eigenvalue weighted by Gasteiger charge is -2.21. The summed E-state index contributed by atoms with van der Waals surface area (Å²) in [6.07, 6.45) is 0. The number of hydrogen-bond acceptors (Lipinski definition) is 6. The molecule has 0 bridgehead atoms. The van der Waals surface area contributed by atoms with Crippen molar-refractivity contribution in [1.29, 1.82) is 0 Å². The van der Waals surface area contributed by atoms with Gasteiger partial charge in [0.15, 0.2) is 0 Å². The van der Waals surface area contributed by atoms with Gasteiger partial charge in [0, 0.05) is 23.6 Å². The predicted molar refractivity (Wildman–Crippen MR) is 98.4 cm³/mol. The molecule has 0 aliphatic rings. The Balaban J connectivity index is 2.18. The van der Waals surface area contributed by atoms with Gasteiger partial charge in [-0.1, -0.05) is 19.1 Å². The highest BCUT2D eigenvalue weighted by Crippen LogP contribution is 2.24. The molecular formula is C16H19N3O5S2. The van der Waals surface area contributed by atoms with Crippen LogP contribution in [0.25, 0.3) is 0 Å². The molecule has 0 saturated carbocycles. The van der Waals surface area contributed by atoms with Crippen LogP contribution in [0, 0.1) is 17.0 Å². The standard InChI is InChI=1S/C16H19N3O5S2/c1-3-18(11-16(20)17-10-14-5-4-8-25-14)26(23,24)15-9-13(19(21)22)7-6-12(15)2/h4-9H,3,10-11H2,1-2H3,(H,17,20). The first-order valence-corrected chi connectivity index (χ1v) is 10.1. The molecule has 1 heterocycles. The summed E-state index contributed by atoms with van der Waals surface area (Å²) in [5.74, 6) is -0.438. The number of amides is 1. The van der Waals surface area contributed by atoms with Crippen LogP contribution in [0.2, 0.25) is 0 Å². The zero-order chi connectivity index (χ0) is 19.3. The Labute approximate surface area is 155 Å². The topological polar surface area (TPSA) is 110 Å². The first-order valence-electron chi connectivity index (χ1n) is 7.80. The summed E-state index contributed by atoms with van der Waals surface area (Å²) >= 11 is 1.49. The number of rotatable bonds is 8. The van der Waals surface area contributed by atoms with Crippen LogP contribution in [0.1, 0.15) is 17.4 Å². The van der Waals surface area contributed by atoms with Crippen LogP contribution in [0.5, 0.6) is 0 Å². The van der Waals surface area contributed by atoms with E-state index < -0.39 is 20.9 Å². The van der Waals surface area contributed by atoms with E-state index >= 15 is 0 Å². The number of likely N-dealkylation sites (N-methyl/N-ethyl adjacent to an activating group) is 1. The van der Waals surface area contributed by atoms with Crippen molar-refractivity contribution >= 4 is 33.0 Å². The maximum atomic E-state index is 12.9. The lowest BCUT2D eigenvalue weighted by Crippen LogP contribution is -2.40. The van der Waals surface area contributed by atoms with Gasteiger partial charge in [-0.2, -0.15) is 4.31 Å². The lowest BCUT2D eigenvalue weighted by atomic mass is 10.2. The van der Waals surface area contributed by atoms with Gasteiger partial charge in [0.1, 0.15) is 0 Å². The normalized spacial score (nSPS) is 11.5. The smallest absolute Gasteiger partial charge is 0.270 e. The van der Waals surface area contributed by atoms with Crippen molar-refractivity contribution in [2.75, 3.05) is 13.1 Å². The van der Waals surface area contributed by atoms with Crippen LogP contribution in [0.15, 0.2) is 40.6 Å². The summed E-state index contributed by atoms with van der Waals surface area (Å²) in [6.45, 7) is 3.20. The minimum atomic E-state index is -4.03. The Bertz CT molecular complexity index is 895. The number of benzene rings is 1. The summed E-state index contributed by atoms with van der Waals surface area (Å²) < 4.78 is 26.7. The van der Waals surface area contributed by atoms with Gasteiger partial charge < -0.3 is 5.32 Å². The average Bonchev–Trinajstić information content (AvgIpc) is 3.11. The second-order valence-corrected chi connectivity index (χ2v) is 8.43. The molecule has 0 fully saturated rings. The van der Waals surface area contributed by atoms with E-state index in [1.165, 1.54) is 23.5 Å². The fraction of sp³-hybridized carbons (Fsp3) is 0.312. The summed E-state index contributed by atoms with van der Waals surface area (Å²) in [4.78, 5) is 23.2. The summed E-state index contributed by atoms with van der Waals surface area (Å²) in [6, 6.07) is 7.39. The van der Waals surface area contributed by atoms with E-state index in [4.69, 9.17) is 0 Å². The minimum Gasteiger partial charge on any atom is -0.350 e. The third-order valence-corrected chi connectivity index (χ3v) is 6.65. The number of nitrogens with zero attached hydrogens (tertiary/aromatic N) is 2. The minimum absolute atomic E-state index is 0.0664. The van der Waals surface area contributed by atoms with E-state index in [1.807, 2.05) is 17.5 Å². The SMILES string of the molecule is CCN(CC(=O)NCc1cccs1)S(=O)(=O)c1cc([N+](=O)[O-])ccc1C. The largest absolute Gasteiger partial charge is 0.350 e.